The van der Waals surface area contributed by atoms with Gasteiger partial charge in [0.05, 0.1) is 0 Å². The summed E-state index contributed by atoms with van der Waals surface area (Å²) < 4.78 is 36.3. The van der Waals surface area contributed by atoms with Crippen molar-refractivity contribution in [1.82, 2.24) is 4.72 Å². The Hall–Kier alpha value is -0.890. The highest BCUT2D eigenvalue weighted by molar-refractivity contribution is 7.89. The number of rotatable bonds is 9. The molecular weight excluding hydrogens is 270 g/mol. The van der Waals surface area contributed by atoms with Crippen LogP contribution in [0.15, 0.2) is 21.6 Å². The summed E-state index contributed by atoms with van der Waals surface area (Å²) in [5, 5.41) is 8.63. The fourth-order valence-corrected chi connectivity index (χ4v) is 2.38. The first-order valence-corrected chi connectivity index (χ1v) is 7.71. The van der Waals surface area contributed by atoms with Crippen LogP contribution in [0.4, 0.5) is 0 Å². The van der Waals surface area contributed by atoms with E-state index in [1.807, 2.05) is 0 Å². The third kappa shape index (κ3) is 5.73. The Bertz CT molecular complexity index is 466. The second kappa shape index (κ2) is 7.64. The van der Waals surface area contributed by atoms with Crippen LogP contribution in [0.25, 0.3) is 0 Å². The van der Waals surface area contributed by atoms with Crippen LogP contribution in [0, 0.1) is 5.92 Å². The molecule has 0 aliphatic rings. The van der Waals surface area contributed by atoms with Crippen LogP contribution < -0.4 is 4.72 Å². The van der Waals surface area contributed by atoms with Gasteiger partial charge in [0.25, 0.3) is 10.0 Å². The number of aliphatic hydroxyl groups excluding tert-OH is 1. The van der Waals surface area contributed by atoms with Gasteiger partial charge >= 0.3 is 0 Å². The fourth-order valence-electron chi connectivity index (χ4n) is 1.36. The highest BCUT2D eigenvalue weighted by Gasteiger charge is 2.17. The molecule has 0 saturated heterocycles. The Kier molecular flexibility index (Phi) is 6.50. The summed E-state index contributed by atoms with van der Waals surface area (Å²) in [6.45, 7) is 5.26. The van der Waals surface area contributed by atoms with Crippen LogP contribution in [-0.2, 0) is 21.4 Å². The molecule has 0 aliphatic carbocycles. The first-order valence-electron chi connectivity index (χ1n) is 6.22. The first-order chi connectivity index (χ1) is 8.95. The van der Waals surface area contributed by atoms with Gasteiger partial charge in [0.15, 0.2) is 0 Å². The molecule has 1 rings (SSSR count). The van der Waals surface area contributed by atoms with Gasteiger partial charge < -0.3 is 14.3 Å². The summed E-state index contributed by atoms with van der Waals surface area (Å²) in [5.74, 6) is 0.692. The quantitative estimate of drug-likeness (QED) is 0.665. The lowest BCUT2D eigenvalue weighted by Crippen LogP contribution is -2.25. The fraction of sp³-hybridized carbons (Fsp3) is 0.667. The lowest BCUT2D eigenvalue weighted by atomic mass is 10.2. The van der Waals surface area contributed by atoms with E-state index in [1.54, 1.807) is 0 Å². The standard InChI is InChI=1S/C12H21NO5S/c1-10(2)9-17-7-3-6-13-19(15,16)12-5-4-11(8-14)18-12/h4-5,10,13-14H,3,6-9H2,1-2H3. The van der Waals surface area contributed by atoms with Gasteiger partial charge in [-0.1, -0.05) is 13.8 Å². The number of sulfonamides is 1. The van der Waals surface area contributed by atoms with Gasteiger partial charge in [-0.2, -0.15) is 0 Å². The van der Waals surface area contributed by atoms with Crippen LogP contribution in [-0.4, -0.2) is 33.3 Å². The van der Waals surface area contributed by atoms with E-state index in [0.717, 1.165) is 0 Å². The Morgan fingerprint density at radius 3 is 2.74 bits per heavy atom. The largest absolute Gasteiger partial charge is 0.446 e. The van der Waals surface area contributed by atoms with Gasteiger partial charge in [-0.25, -0.2) is 13.1 Å². The molecule has 1 aromatic rings. The maximum Gasteiger partial charge on any atom is 0.273 e. The maximum absolute atomic E-state index is 11.8. The Morgan fingerprint density at radius 2 is 2.16 bits per heavy atom. The summed E-state index contributed by atoms with van der Waals surface area (Å²) in [6.07, 6.45) is 0.597. The number of aliphatic hydroxyl groups is 1. The number of nitrogens with one attached hydrogen (secondary N) is 1. The number of furan rings is 1. The minimum Gasteiger partial charge on any atom is -0.446 e. The zero-order valence-corrected chi connectivity index (χ0v) is 12.1. The van der Waals surface area contributed by atoms with Gasteiger partial charge in [0.2, 0.25) is 5.09 Å². The molecule has 0 bridgehead atoms. The van der Waals surface area contributed by atoms with Crippen molar-refractivity contribution in [3.05, 3.63) is 17.9 Å². The van der Waals surface area contributed by atoms with Crippen molar-refractivity contribution in [1.29, 1.82) is 0 Å². The molecule has 110 valence electrons. The summed E-state index contributed by atoms with van der Waals surface area (Å²) in [6, 6.07) is 2.75. The smallest absolute Gasteiger partial charge is 0.273 e. The topological polar surface area (TPSA) is 88.8 Å². The van der Waals surface area contributed by atoms with Crippen molar-refractivity contribution >= 4 is 10.0 Å². The molecule has 0 saturated carbocycles. The van der Waals surface area contributed by atoms with Crippen LogP contribution in [0.5, 0.6) is 0 Å². The van der Waals surface area contributed by atoms with Crippen molar-refractivity contribution in [2.45, 2.75) is 32.0 Å². The predicted molar refractivity (Wildman–Crippen MR) is 70.1 cm³/mol. The molecule has 1 aromatic heterocycles. The van der Waals surface area contributed by atoms with Crippen molar-refractivity contribution in [3.8, 4) is 0 Å². The van der Waals surface area contributed by atoms with E-state index in [-0.39, 0.29) is 24.0 Å². The highest BCUT2D eigenvalue weighted by atomic mass is 32.2. The maximum atomic E-state index is 11.8. The van der Waals surface area contributed by atoms with E-state index in [0.29, 0.717) is 25.6 Å². The minimum absolute atomic E-state index is 0.181. The van der Waals surface area contributed by atoms with Gasteiger partial charge in [-0.15, -0.1) is 0 Å². The van der Waals surface area contributed by atoms with Crippen LogP contribution in [0.3, 0.4) is 0 Å². The lowest BCUT2D eigenvalue weighted by molar-refractivity contribution is 0.108. The summed E-state index contributed by atoms with van der Waals surface area (Å²) in [4.78, 5) is 0. The van der Waals surface area contributed by atoms with Gasteiger partial charge in [0.1, 0.15) is 12.4 Å². The van der Waals surface area contributed by atoms with E-state index in [4.69, 9.17) is 14.3 Å². The minimum atomic E-state index is -3.64. The average Bonchev–Trinajstić information content (AvgIpc) is 2.82. The molecule has 0 aliphatic heterocycles. The van der Waals surface area contributed by atoms with Crippen molar-refractivity contribution < 1.29 is 22.7 Å². The molecule has 0 aromatic carbocycles. The zero-order chi connectivity index (χ0) is 14.3. The Morgan fingerprint density at radius 1 is 1.42 bits per heavy atom. The van der Waals surface area contributed by atoms with E-state index < -0.39 is 10.0 Å². The molecule has 0 radical (unpaired) electrons. The molecule has 0 unspecified atom stereocenters. The molecule has 7 heteroatoms. The van der Waals surface area contributed by atoms with Gasteiger partial charge in [-0.05, 0) is 24.5 Å². The second-order valence-corrected chi connectivity index (χ2v) is 6.30. The SMILES string of the molecule is CC(C)COCCCNS(=O)(=O)c1ccc(CO)o1. The lowest BCUT2D eigenvalue weighted by Gasteiger charge is -2.07. The zero-order valence-electron chi connectivity index (χ0n) is 11.3. The molecule has 0 atom stereocenters. The molecule has 0 spiro atoms. The normalized spacial score (nSPS) is 12.2. The second-order valence-electron chi connectivity index (χ2n) is 4.60. The molecule has 0 amide bonds. The number of hydrogen-bond donors (Lipinski definition) is 2. The Labute approximate surface area is 113 Å². The molecule has 1 heterocycles. The van der Waals surface area contributed by atoms with Crippen LogP contribution in [0.1, 0.15) is 26.0 Å². The van der Waals surface area contributed by atoms with E-state index in [1.165, 1.54) is 12.1 Å². The van der Waals surface area contributed by atoms with Gasteiger partial charge in [-0.3, -0.25) is 0 Å². The first kappa shape index (κ1) is 16.2. The van der Waals surface area contributed by atoms with Gasteiger partial charge in [0, 0.05) is 19.8 Å². The predicted octanol–water partition coefficient (Wildman–Crippen LogP) is 1.11. The van der Waals surface area contributed by atoms with Crippen LogP contribution >= 0.6 is 0 Å². The van der Waals surface area contributed by atoms with Crippen molar-refractivity contribution in [2.24, 2.45) is 5.92 Å². The number of hydrogen-bond acceptors (Lipinski definition) is 5. The third-order valence-electron chi connectivity index (χ3n) is 2.27. The third-order valence-corrected chi connectivity index (χ3v) is 3.60. The molecule has 2 N–H and O–H groups in total. The molecule has 6 nitrogen and oxygen atoms in total. The molecular formula is C12H21NO5S. The highest BCUT2D eigenvalue weighted by Crippen LogP contribution is 2.13. The van der Waals surface area contributed by atoms with E-state index >= 15 is 0 Å². The average molecular weight is 291 g/mol. The summed E-state index contributed by atoms with van der Waals surface area (Å²) in [7, 11) is -3.64. The Balaban J connectivity index is 2.31. The van der Waals surface area contributed by atoms with E-state index in [9.17, 15) is 8.42 Å². The van der Waals surface area contributed by atoms with Crippen molar-refractivity contribution in [2.75, 3.05) is 19.8 Å². The monoisotopic (exact) mass is 291 g/mol. The van der Waals surface area contributed by atoms with Crippen LogP contribution in [0.2, 0.25) is 0 Å². The van der Waals surface area contributed by atoms with E-state index in [2.05, 4.69) is 18.6 Å². The summed E-state index contributed by atoms with van der Waals surface area (Å²) >= 11 is 0. The molecule has 19 heavy (non-hydrogen) atoms. The van der Waals surface area contributed by atoms with Crippen molar-refractivity contribution in [3.63, 3.8) is 0 Å². The number of ether oxygens (including phenoxy) is 1. The summed E-state index contributed by atoms with van der Waals surface area (Å²) in [5.41, 5.74) is 0. The molecule has 0 fully saturated rings.